The van der Waals surface area contributed by atoms with Crippen molar-refractivity contribution in [3.8, 4) is 0 Å². The molecule has 2 rings (SSSR count). The average molecular weight is 762 g/mol. The van der Waals surface area contributed by atoms with E-state index in [2.05, 4.69) is 0 Å². The molecule has 2 aromatic carbocycles. The number of rotatable bonds is 2. The molecule has 130 valence electrons. The van der Waals surface area contributed by atoms with Gasteiger partial charge in [-0.05, 0) is 12.1 Å². The molecule has 0 heterocycles. The molecule has 0 bridgehead atoms. The summed E-state index contributed by atoms with van der Waals surface area (Å²) in [5, 5.41) is -0.158. The van der Waals surface area contributed by atoms with Gasteiger partial charge in [0.2, 0.25) is 0 Å². The second-order valence-electron chi connectivity index (χ2n) is 3.52. The van der Waals surface area contributed by atoms with Crippen LogP contribution in [-0.4, -0.2) is 36.9 Å². The summed E-state index contributed by atoms with van der Waals surface area (Å²) in [5.74, 6) is 0. The van der Waals surface area contributed by atoms with Crippen molar-refractivity contribution in [2.24, 2.45) is 0 Å². The quantitative estimate of drug-likeness (QED) is 0.177. The first-order chi connectivity index (χ1) is 8.21. The number of benzene rings is 2. The van der Waals surface area contributed by atoms with Gasteiger partial charge in [0, 0.05) is 10.8 Å². The molecule has 0 saturated heterocycles. The summed E-state index contributed by atoms with van der Waals surface area (Å²) < 4.78 is 66.1. The van der Waals surface area contributed by atoms with E-state index < -0.39 is 30.0 Å². The summed E-state index contributed by atoms with van der Waals surface area (Å²) in [5.41, 5.74) is 0. The first kappa shape index (κ1) is 35.4. The second-order valence-corrected chi connectivity index (χ2v) is 6.21. The maximum atomic E-state index is 11.0. The van der Waals surface area contributed by atoms with Gasteiger partial charge >= 0.3 is 55.3 Å². The van der Waals surface area contributed by atoms with Crippen LogP contribution >= 0.6 is 0 Å². The summed E-state index contributed by atoms with van der Waals surface area (Å²) >= 11 is 0. The molecular formula is C10H16Hg2O10S2+2. The first-order valence-electron chi connectivity index (χ1n) is 4.65. The summed E-state index contributed by atoms with van der Waals surface area (Å²) in [6, 6.07) is 7.09. The summed E-state index contributed by atoms with van der Waals surface area (Å²) in [6.07, 6.45) is 0. The predicted molar refractivity (Wildman–Crippen MR) is 76.8 cm³/mol. The van der Waals surface area contributed by atoms with E-state index >= 15 is 0 Å². The third-order valence-corrected chi connectivity index (χ3v) is 4.17. The third-order valence-electron chi connectivity index (χ3n) is 2.38. The monoisotopic (exact) mass is 764 g/mol. The van der Waals surface area contributed by atoms with E-state index in [1.54, 1.807) is 0 Å². The van der Waals surface area contributed by atoms with Gasteiger partial charge in [0.1, 0.15) is 20.2 Å². The van der Waals surface area contributed by atoms with Crippen LogP contribution in [0.1, 0.15) is 0 Å². The van der Waals surface area contributed by atoms with Crippen LogP contribution < -0.4 is 0 Å². The van der Waals surface area contributed by atoms with Gasteiger partial charge in [-0.1, -0.05) is 24.3 Å². The molecule has 0 saturated carbocycles. The Hall–Kier alpha value is 0.230. The maximum absolute atomic E-state index is 11.0. The van der Waals surface area contributed by atoms with Crippen molar-refractivity contribution in [1.29, 1.82) is 0 Å². The molecule has 0 spiro atoms. The molecular weight excluding hydrogens is 745 g/mol. The molecule has 0 aliphatic heterocycles. The van der Waals surface area contributed by atoms with Crippen LogP contribution in [0.2, 0.25) is 0 Å². The van der Waals surface area contributed by atoms with Crippen molar-refractivity contribution >= 4 is 31.0 Å². The Bertz CT molecular complexity index is 765. The Morgan fingerprint density at radius 3 is 1.08 bits per heavy atom. The Morgan fingerprint density at radius 1 is 0.625 bits per heavy atom. The summed E-state index contributed by atoms with van der Waals surface area (Å²) in [7, 11) is -9.48. The molecule has 0 unspecified atom stereocenters. The smallest absolute Gasteiger partial charge is 0.744 e. The van der Waals surface area contributed by atoms with E-state index in [-0.39, 0.29) is 88.0 Å². The van der Waals surface area contributed by atoms with Crippen LogP contribution in [0, 0.1) is 0 Å². The van der Waals surface area contributed by atoms with Crippen molar-refractivity contribution in [2.75, 3.05) is 0 Å². The molecule has 10 N–H and O–H groups in total. The van der Waals surface area contributed by atoms with Gasteiger partial charge in [-0.15, -0.1) is 0 Å². The normalized spacial score (nSPS) is 9.58. The van der Waals surface area contributed by atoms with Crippen molar-refractivity contribution in [3.05, 3.63) is 36.4 Å². The van der Waals surface area contributed by atoms with Crippen molar-refractivity contribution in [2.45, 2.75) is 9.79 Å². The fraction of sp³-hybridized carbons (Fsp3) is 0. The zero-order valence-electron chi connectivity index (χ0n) is 12.3. The number of hydrogen-bond donors (Lipinski definition) is 0. The van der Waals surface area contributed by atoms with Crippen LogP contribution in [0.25, 0.3) is 10.8 Å². The van der Waals surface area contributed by atoms with Crippen molar-refractivity contribution in [3.63, 3.8) is 0 Å². The molecule has 24 heavy (non-hydrogen) atoms. The molecule has 0 fully saturated rings. The van der Waals surface area contributed by atoms with Crippen molar-refractivity contribution < 1.29 is 103 Å². The van der Waals surface area contributed by atoms with Crippen LogP contribution in [0.15, 0.2) is 46.2 Å². The van der Waals surface area contributed by atoms with Gasteiger partial charge in [-0.2, -0.15) is 0 Å². The molecule has 0 aliphatic rings. The maximum Gasteiger partial charge on any atom is 1.00 e. The molecule has 2 radical (unpaired) electrons. The summed E-state index contributed by atoms with van der Waals surface area (Å²) in [6.45, 7) is 0. The number of hydrogen-bond acceptors (Lipinski definition) is 6. The van der Waals surface area contributed by atoms with Crippen LogP contribution in [0.4, 0.5) is 0 Å². The van der Waals surface area contributed by atoms with Crippen LogP contribution in [-0.2, 0) is 86.5 Å². The Labute approximate surface area is 179 Å². The van der Waals surface area contributed by atoms with Gasteiger partial charge in [0.25, 0.3) is 0 Å². The first-order valence-corrected chi connectivity index (χ1v) is 7.46. The molecule has 0 amide bonds. The van der Waals surface area contributed by atoms with Crippen LogP contribution in [0.3, 0.4) is 0 Å². The minimum atomic E-state index is -4.74. The molecule has 10 nitrogen and oxygen atoms in total. The van der Waals surface area contributed by atoms with E-state index in [1.807, 2.05) is 0 Å². The van der Waals surface area contributed by atoms with Gasteiger partial charge in [0.15, 0.2) is 0 Å². The zero-order chi connectivity index (χ0) is 13.6. The molecule has 14 heteroatoms. The number of fused-ring (bicyclic) bond motifs is 1. The molecule has 2 aromatic rings. The largest absolute Gasteiger partial charge is 1.00 e. The van der Waals surface area contributed by atoms with E-state index in [1.165, 1.54) is 24.3 Å². The Kier molecular flexibility index (Phi) is 18.5. The van der Waals surface area contributed by atoms with Gasteiger partial charge in [-0.25, -0.2) is 16.8 Å². The Morgan fingerprint density at radius 2 is 0.875 bits per heavy atom. The molecule has 0 atom stereocenters. The molecule has 0 aliphatic carbocycles. The minimum absolute atomic E-state index is 0. The average Bonchev–Trinajstić information content (AvgIpc) is 2.24. The minimum Gasteiger partial charge on any atom is -0.744 e. The Balaban J connectivity index is -0.000000201. The van der Waals surface area contributed by atoms with Gasteiger partial charge in [0.05, 0.1) is 9.79 Å². The predicted octanol–water partition coefficient (Wildman–Crippen LogP) is -2.85. The van der Waals surface area contributed by atoms with Gasteiger partial charge < -0.3 is 31.0 Å². The zero-order valence-corrected chi connectivity index (χ0v) is 24.9. The van der Waals surface area contributed by atoms with E-state index in [0.29, 0.717) is 0 Å². The van der Waals surface area contributed by atoms with E-state index in [0.717, 1.165) is 12.1 Å². The topological polar surface area (TPSA) is 243 Å². The molecule has 0 aromatic heterocycles. The summed E-state index contributed by atoms with van der Waals surface area (Å²) in [4.78, 5) is -1.10. The second kappa shape index (κ2) is 12.6. The van der Waals surface area contributed by atoms with E-state index in [9.17, 15) is 25.9 Å². The standard InChI is InChI=1S/C10H8O6S2.2Hg.4H2O/c11-17(12,13)9-5-1-3-7-8(9)4-2-6-10(7)18(14,15)16;;;;;;/h1-6H,(H,11,12,13)(H,14,15,16);;;4*1H2/q;2*+1;;;;. The fourth-order valence-corrected chi connectivity index (χ4v) is 3.07. The fourth-order valence-electron chi connectivity index (χ4n) is 1.69. The third kappa shape index (κ3) is 7.63. The SMILES string of the molecule is O.O.O=S(=O)([O-])c1cccc2c(S(=O)(=O)[O-])cccc12.[Hg+].[Hg+].[OH3+].[OH3+]. The van der Waals surface area contributed by atoms with E-state index in [4.69, 9.17) is 0 Å². The van der Waals surface area contributed by atoms with Crippen LogP contribution in [0.5, 0.6) is 0 Å². The van der Waals surface area contributed by atoms with Crippen molar-refractivity contribution in [1.82, 2.24) is 0 Å². The van der Waals surface area contributed by atoms with Gasteiger partial charge in [-0.3, -0.25) is 0 Å².